The average molecular weight is 296 g/mol. The van der Waals surface area contributed by atoms with E-state index in [0.717, 1.165) is 17.1 Å². The highest BCUT2D eigenvalue weighted by Crippen LogP contribution is 2.24. The highest BCUT2D eigenvalue weighted by Gasteiger charge is 2.13. The standard InChI is InChI=1S/C13H18ClN5O/c1-4-20-12-7-11(14)6-5-10(12)8-15-9(2)13-16-17-18-19(13)3/h5-7,9,15H,4,8H2,1-3H3. The number of aryl methyl sites for hydroxylation is 1. The SMILES string of the molecule is CCOc1cc(Cl)ccc1CNC(C)c1nnnn1C. The van der Waals surface area contributed by atoms with Gasteiger partial charge in [0.05, 0.1) is 12.6 Å². The van der Waals surface area contributed by atoms with Gasteiger partial charge in [-0.3, -0.25) is 0 Å². The molecule has 1 aromatic heterocycles. The maximum absolute atomic E-state index is 5.99. The minimum absolute atomic E-state index is 0.0418. The first-order valence-electron chi connectivity index (χ1n) is 6.48. The van der Waals surface area contributed by atoms with Crippen molar-refractivity contribution in [2.75, 3.05) is 6.61 Å². The lowest BCUT2D eigenvalue weighted by molar-refractivity contribution is 0.334. The van der Waals surface area contributed by atoms with E-state index in [9.17, 15) is 0 Å². The quantitative estimate of drug-likeness (QED) is 0.884. The fraction of sp³-hybridized carbons (Fsp3) is 0.462. The van der Waals surface area contributed by atoms with Crippen LogP contribution in [0.4, 0.5) is 0 Å². The van der Waals surface area contributed by atoms with E-state index in [1.807, 2.05) is 39.1 Å². The summed E-state index contributed by atoms with van der Waals surface area (Å²) in [6.07, 6.45) is 0. The lowest BCUT2D eigenvalue weighted by Gasteiger charge is -2.15. The molecule has 0 saturated carbocycles. The maximum atomic E-state index is 5.99. The molecule has 1 N–H and O–H groups in total. The Balaban J connectivity index is 2.05. The van der Waals surface area contributed by atoms with Gasteiger partial charge in [0.15, 0.2) is 5.82 Å². The Bertz CT molecular complexity index is 572. The Morgan fingerprint density at radius 1 is 1.45 bits per heavy atom. The lowest BCUT2D eigenvalue weighted by Crippen LogP contribution is -2.21. The Morgan fingerprint density at radius 2 is 2.25 bits per heavy atom. The summed E-state index contributed by atoms with van der Waals surface area (Å²) >= 11 is 5.99. The van der Waals surface area contributed by atoms with Crippen LogP contribution in [0, 0.1) is 0 Å². The summed E-state index contributed by atoms with van der Waals surface area (Å²) in [5, 5.41) is 15.5. The smallest absolute Gasteiger partial charge is 0.167 e. The third-order valence-corrected chi connectivity index (χ3v) is 3.20. The monoisotopic (exact) mass is 295 g/mol. The van der Waals surface area contributed by atoms with E-state index in [1.54, 1.807) is 4.68 Å². The number of hydrogen-bond donors (Lipinski definition) is 1. The van der Waals surface area contributed by atoms with Gasteiger partial charge in [-0.15, -0.1) is 5.10 Å². The fourth-order valence-corrected chi connectivity index (χ4v) is 2.08. The van der Waals surface area contributed by atoms with Crippen molar-refractivity contribution >= 4 is 11.6 Å². The van der Waals surface area contributed by atoms with E-state index in [4.69, 9.17) is 16.3 Å². The van der Waals surface area contributed by atoms with Crippen LogP contribution in [0.1, 0.15) is 31.3 Å². The minimum atomic E-state index is 0.0418. The van der Waals surface area contributed by atoms with Gasteiger partial charge in [-0.25, -0.2) is 4.68 Å². The predicted molar refractivity (Wildman–Crippen MR) is 76.7 cm³/mol. The molecule has 0 aliphatic carbocycles. The molecule has 2 aromatic rings. The van der Waals surface area contributed by atoms with Crippen LogP contribution in [0.5, 0.6) is 5.75 Å². The van der Waals surface area contributed by atoms with Gasteiger partial charge in [0.25, 0.3) is 0 Å². The molecule has 0 radical (unpaired) electrons. The summed E-state index contributed by atoms with van der Waals surface area (Å²) in [4.78, 5) is 0. The number of halogens is 1. The zero-order chi connectivity index (χ0) is 14.5. The molecular formula is C13H18ClN5O. The van der Waals surface area contributed by atoms with Crippen LogP contribution in [-0.2, 0) is 13.6 Å². The summed E-state index contributed by atoms with van der Waals surface area (Å²) in [5.41, 5.74) is 1.05. The first kappa shape index (κ1) is 14.7. The number of nitrogens with zero attached hydrogens (tertiary/aromatic N) is 4. The highest BCUT2D eigenvalue weighted by molar-refractivity contribution is 6.30. The Labute approximate surface area is 123 Å². The third kappa shape index (κ3) is 3.46. The summed E-state index contributed by atoms with van der Waals surface area (Å²) in [5.74, 6) is 1.59. The topological polar surface area (TPSA) is 64.9 Å². The first-order valence-corrected chi connectivity index (χ1v) is 6.86. The number of rotatable bonds is 6. The van der Waals surface area contributed by atoms with Gasteiger partial charge >= 0.3 is 0 Å². The second kappa shape index (κ2) is 6.67. The van der Waals surface area contributed by atoms with Crippen molar-refractivity contribution in [3.63, 3.8) is 0 Å². The predicted octanol–water partition coefficient (Wildman–Crippen LogP) is 2.11. The van der Waals surface area contributed by atoms with Crippen molar-refractivity contribution in [2.24, 2.45) is 7.05 Å². The van der Waals surface area contributed by atoms with Crippen LogP contribution in [0.25, 0.3) is 0 Å². The van der Waals surface area contributed by atoms with Crippen LogP contribution in [-0.4, -0.2) is 26.8 Å². The molecule has 2 rings (SSSR count). The molecule has 1 aromatic carbocycles. The molecule has 6 nitrogen and oxygen atoms in total. The zero-order valence-electron chi connectivity index (χ0n) is 11.8. The maximum Gasteiger partial charge on any atom is 0.167 e. The zero-order valence-corrected chi connectivity index (χ0v) is 12.6. The number of hydrogen-bond acceptors (Lipinski definition) is 5. The van der Waals surface area contributed by atoms with Crippen LogP contribution in [0.15, 0.2) is 18.2 Å². The summed E-state index contributed by atoms with van der Waals surface area (Å²) in [6.45, 7) is 5.23. The van der Waals surface area contributed by atoms with Crippen molar-refractivity contribution in [1.82, 2.24) is 25.5 Å². The molecule has 0 fully saturated rings. The second-order valence-electron chi connectivity index (χ2n) is 4.45. The largest absolute Gasteiger partial charge is 0.493 e. The van der Waals surface area contributed by atoms with Crippen LogP contribution >= 0.6 is 11.6 Å². The third-order valence-electron chi connectivity index (χ3n) is 2.97. The van der Waals surface area contributed by atoms with Crippen molar-refractivity contribution in [3.8, 4) is 5.75 Å². The molecule has 0 saturated heterocycles. The molecule has 0 spiro atoms. The van der Waals surface area contributed by atoms with Crippen LogP contribution in [0.3, 0.4) is 0 Å². The Kier molecular flexibility index (Phi) is 4.92. The fourth-order valence-electron chi connectivity index (χ4n) is 1.92. The summed E-state index contributed by atoms with van der Waals surface area (Å²) < 4.78 is 7.25. The number of ether oxygens (including phenoxy) is 1. The van der Waals surface area contributed by atoms with Crippen molar-refractivity contribution in [2.45, 2.75) is 26.4 Å². The number of tetrazole rings is 1. The first-order chi connectivity index (χ1) is 9.61. The van der Waals surface area contributed by atoms with Gasteiger partial charge in [0.1, 0.15) is 5.75 Å². The molecule has 1 heterocycles. The van der Waals surface area contributed by atoms with Gasteiger partial charge in [0.2, 0.25) is 0 Å². The van der Waals surface area contributed by atoms with E-state index in [0.29, 0.717) is 18.2 Å². The van der Waals surface area contributed by atoms with Gasteiger partial charge in [-0.2, -0.15) is 0 Å². The van der Waals surface area contributed by atoms with Gasteiger partial charge in [0, 0.05) is 24.2 Å². The van der Waals surface area contributed by atoms with Crippen molar-refractivity contribution < 1.29 is 4.74 Å². The van der Waals surface area contributed by atoms with E-state index >= 15 is 0 Å². The van der Waals surface area contributed by atoms with Gasteiger partial charge in [-0.1, -0.05) is 17.7 Å². The molecular weight excluding hydrogens is 278 g/mol. The van der Waals surface area contributed by atoms with E-state index in [-0.39, 0.29) is 6.04 Å². The van der Waals surface area contributed by atoms with Crippen LogP contribution in [0.2, 0.25) is 5.02 Å². The number of nitrogens with one attached hydrogen (secondary N) is 1. The van der Waals surface area contributed by atoms with Gasteiger partial charge < -0.3 is 10.1 Å². The highest BCUT2D eigenvalue weighted by atomic mass is 35.5. The molecule has 0 bridgehead atoms. The molecule has 0 aliphatic heterocycles. The Hall–Kier alpha value is -1.66. The number of aromatic nitrogens is 4. The van der Waals surface area contributed by atoms with E-state index in [1.165, 1.54) is 0 Å². The second-order valence-corrected chi connectivity index (χ2v) is 4.88. The summed E-state index contributed by atoms with van der Waals surface area (Å²) in [6, 6.07) is 5.69. The lowest BCUT2D eigenvalue weighted by atomic mass is 10.2. The van der Waals surface area contributed by atoms with E-state index in [2.05, 4.69) is 20.8 Å². The normalized spacial score (nSPS) is 12.4. The summed E-state index contributed by atoms with van der Waals surface area (Å²) in [7, 11) is 1.82. The Morgan fingerprint density at radius 3 is 2.90 bits per heavy atom. The van der Waals surface area contributed by atoms with Crippen molar-refractivity contribution in [1.29, 1.82) is 0 Å². The van der Waals surface area contributed by atoms with Crippen molar-refractivity contribution in [3.05, 3.63) is 34.6 Å². The number of benzene rings is 1. The molecule has 108 valence electrons. The van der Waals surface area contributed by atoms with Crippen LogP contribution < -0.4 is 10.1 Å². The molecule has 7 heteroatoms. The molecule has 1 atom stereocenters. The average Bonchev–Trinajstić information content (AvgIpc) is 2.84. The molecule has 0 amide bonds. The minimum Gasteiger partial charge on any atom is -0.493 e. The van der Waals surface area contributed by atoms with E-state index < -0.39 is 0 Å². The molecule has 1 unspecified atom stereocenters. The molecule has 20 heavy (non-hydrogen) atoms. The van der Waals surface area contributed by atoms with Gasteiger partial charge in [-0.05, 0) is 36.4 Å². The molecule has 0 aliphatic rings.